The highest BCUT2D eigenvalue weighted by atomic mass is 32.1. The van der Waals surface area contributed by atoms with Crippen LogP contribution in [0.25, 0.3) is 32.2 Å². The number of fused-ring (bicyclic) bond motifs is 4. The summed E-state index contributed by atoms with van der Waals surface area (Å²) in [7, 11) is 0. The predicted molar refractivity (Wildman–Crippen MR) is 103 cm³/mol. The summed E-state index contributed by atoms with van der Waals surface area (Å²) in [6, 6.07) is 9.82. The molecule has 0 unspecified atom stereocenters. The van der Waals surface area contributed by atoms with Crippen molar-refractivity contribution in [1.82, 2.24) is 29.3 Å². The van der Waals surface area contributed by atoms with Crippen molar-refractivity contribution in [3.63, 3.8) is 0 Å². The topological polar surface area (TPSA) is 70.5 Å². The summed E-state index contributed by atoms with van der Waals surface area (Å²) in [5, 5.41) is 13.6. The molecule has 0 amide bonds. The number of nitrogens with zero attached hydrogens (tertiary/aromatic N) is 6. The van der Waals surface area contributed by atoms with E-state index in [1.54, 1.807) is 22.2 Å². The molecule has 0 radical (unpaired) electrons. The SMILES string of the molecule is CCn1c2cc(C)sc2c2cnn(Cn3nnc4ccccc43)c(=O)c21. The van der Waals surface area contributed by atoms with E-state index in [1.165, 1.54) is 9.56 Å². The van der Waals surface area contributed by atoms with E-state index in [9.17, 15) is 4.79 Å². The fourth-order valence-corrected chi connectivity index (χ4v) is 4.52. The molecule has 4 heterocycles. The summed E-state index contributed by atoms with van der Waals surface area (Å²) in [6.45, 7) is 5.11. The van der Waals surface area contributed by atoms with E-state index >= 15 is 0 Å². The highest BCUT2D eigenvalue weighted by Crippen LogP contribution is 2.33. The highest BCUT2D eigenvalue weighted by Gasteiger charge is 2.17. The van der Waals surface area contributed by atoms with Gasteiger partial charge < -0.3 is 4.57 Å². The molecule has 1 aromatic carbocycles. The number of para-hydroxylation sites is 1. The van der Waals surface area contributed by atoms with Gasteiger partial charge in [0.2, 0.25) is 0 Å². The molecule has 5 rings (SSSR count). The summed E-state index contributed by atoms with van der Waals surface area (Å²) in [5.74, 6) is 0. The molecule has 130 valence electrons. The highest BCUT2D eigenvalue weighted by molar-refractivity contribution is 7.20. The molecule has 0 aliphatic carbocycles. The number of benzene rings is 1. The molecule has 0 atom stereocenters. The Morgan fingerprint density at radius 1 is 1.15 bits per heavy atom. The molecule has 0 spiro atoms. The minimum absolute atomic E-state index is 0.106. The van der Waals surface area contributed by atoms with Gasteiger partial charge in [0.15, 0.2) is 0 Å². The minimum Gasteiger partial charge on any atom is -0.335 e. The van der Waals surface area contributed by atoms with Crippen molar-refractivity contribution in [1.29, 1.82) is 0 Å². The molecule has 0 saturated carbocycles. The third-order valence-electron chi connectivity index (χ3n) is 4.66. The van der Waals surface area contributed by atoms with Crippen molar-refractivity contribution in [2.75, 3.05) is 0 Å². The van der Waals surface area contributed by atoms with Crippen LogP contribution < -0.4 is 5.56 Å². The lowest BCUT2D eigenvalue weighted by Gasteiger charge is -2.07. The molecule has 7 nitrogen and oxygen atoms in total. The third kappa shape index (κ3) is 2.05. The second-order valence-corrected chi connectivity index (χ2v) is 7.50. The van der Waals surface area contributed by atoms with Crippen molar-refractivity contribution < 1.29 is 0 Å². The smallest absolute Gasteiger partial charge is 0.293 e. The molecule has 8 heteroatoms. The van der Waals surface area contributed by atoms with E-state index in [4.69, 9.17) is 0 Å². The summed E-state index contributed by atoms with van der Waals surface area (Å²) in [5.41, 5.74) is 3.38. The second-order valence-electron chi connectivity index (χ2n) is 6.25. The Morgan fingerprint density at radius 3 is 2.85 bits per heavy atom. The molecule has 0 aliphatic heterocycles. The first-order valence-electron chi connectivity index (χ1n) is 8.44. The quantitative estimate of drug-likeness (QED) is 0.493. The second kappa shape index (κ2) is 5.50. The van der Waals surface area contributed by atoms with E-state index in [0.717, 1.165) is 33.2 Å². The van der Waals surface area contributed by atoms with Gasteiger partial charge in [0.25, 0.3) is 5.56 Å². The van der Waals surface area contributed by atoms with Crippen LogP contribution in [0, 0.1) is 6.92 Å². The van der Waals surface area contributed by atoms with Crippen LogP contribution in [-0.4, -0.2) is 29.3 Å². The molecule has 0 fully saturated rings. The average molecular weight is 364 g/mol. The maximum Gasteiger partial charge on any atom is 0.293 e. The number of aryl methyl sites for hydroxylation is 2. The molecular formula is C18H16N6OS. The van der Waals surface area contributed by atoms with Crippen LogP contribution in [0.2, 0.25) is 0 Å². The Balaban J connectivity index is 1.72. The molecule has 0 N–H and O–H groups in total. The van der Waals surface area contributed by atoms with Crippen molar-refractivity contribution in [2.24, 2.45) is 0 Å². The van der Waals surface area contributed by atoms with Gasteiger partial charge in [-0.2, -0.15) is 5.10 Å². The van der Waals surface area contributed by atoms with Crippen LogP contribution in [0.15, 0.2) is 41.3 Å². The van der Waals surface area contributed by atoms with E-state index < -0.39 is 0 Å². The number of thiophene rings is 1. The molecule has 26 heavy (non-hydrogen) atoms. The normalized spacial score (nSPS) is 11.9. The van der Waals surface area contributed by atoms with E-state index in [0.29, 0.717) is 5.52 Å². The van der Waals surface area contributed by atoms with Gasteiger partial charge in [0.05, 0.1) is 21.9 Å². The first kappa shape index (κ1) is 15.3. The first-order chi connectivity index (χ1) is 12.7. The number of rotatable bonds is 3. The molecule has 0 bridgehead atoms. The standard InChI is InChI=1S/C18H16N6OS/c1-3-22-15-8-11(2)26-17(15)12-9-19-24(18(25)16(12)22)10-23-14-7-5-4-6-13(14)20-21-23/h4-9H,3,10H2,1-2H3. The van der Waals surface area contributed by atoms with Crippen LogP contribution in [0.5, 0.6) is 0 Å². The van der Waals surface area contributed by atoms with Gasteiger partial charge in [-0.3, -0.25) is 4.79 Å². The maximum absolute atomic E-state index is 13.1. The summed E-state index contributed by atoms with van der Waals surface area (Å²) in [4.78, 5) is 14.4. The minimum atomic E-state index is -0.106. The molecule has 5 aromatic rings. The monoisotopic (exact) mass is 364 g/mol. The van der Waals surface area contributed by atoms with Gasteiger partial charge in [-0.15, -0.1) is 16.4 Å². The lowest BCUT2D eigenvalue weighted by Crippen LogP contribution is -2.27. The molecular weight excluding hydrogens is 348 g/mol. The van der Waals surface area contributed by atoms with Crippen molar-refractivity contribution in [3.05, 3.63) is 51.8 Å². The average Bonchev–Trinajstić information content (AvgIpc) is 3.29. The van der Waals surface area contributed by atoms with Gasteiger partial charge in [0, 0.05) is 16.8 Å². The molecule has 0 saturated heterocycles. The number of hydrogen-bond donors (Lipinski definition) is 0. The van der Waals surface area contributed by atoms with Gasteiger partial charge in [-0.25, -0.2) is 9.36 Å². The van der Waals surface area contributed by atoms with Crippen LogP contribution >= 0.6 is 11.3 Å². The van der Waals surface area contributed by atoms with Crippen LogP contribution in [0.3, 0.4) is 0 Å². The van der Waals surface area contributed by atoms with E-state index in [-0.39, 0.29) is 12.2 Å². The zero-order valence-electron chi connectivity index (χ0n) is 14.4. The largest absolute Gasteiger partial charge is 0.335 e. The van der Waals surface area contributed by atoms with Gasteiger partial charge in [-0.05, 0) is 32.0 Å². The Bertz CT molecular complexity index is 1340. The number of hydrogen-bond acceptors (Lipinski definition) is 5. The predicted octanol–water partition coefficient (Wildman–Crippen LogP) is 2.99. The third-order valence-corrected chi connectivity index (χ3v) is 5.74. The van der Waals surface area contributed by atoms with Crippen LogP contribution in [0.4, 0.5) is 0 Å². The Morgan fingerprint density at radius 2 is 2.00 bits per heavy atom. The van der Waals surface area contributed by atoms with Crippen LogP contribution in [0.1, 0.15) is 11.8 Å². The number of aromatic nitrogens is 6. The summed E-state index contributed by atoms with van der Waals surface area (Å²) >= 11 is 1.70. The Kier molecular flexibility index (Phi) is 3.23. The zero-order chi connectivity index (χ0) is 17.8. The summed E-state index contributed by atoms with van der Waals surface area (Å²) in [6.07, 6.45) is 1.79. The lowest BCUT2D eigenvalue weighted by atomic mass is 10.3. The summed E-state index contributed by atoms with van der Waals surface area (Å²) < 4.78 is 6.35. The lowest BCUT2D eigenvalue weighted by molar-refractivity contribution is 0.483. The van der Waals surface area contributed by atoms with Crippen molar-refractivity contribution >= 4 is 43.5 Å². The van der Waals surface area contributed by atoms with Crippen molar-refractivity contribution in [2.45, 2.75) is 27.1 Å². The van der Waals surface area contributed by atoms with Gasteiger partial charge in [-0.1, -0.05) is 17.3 Å². The molecule has 0 aliphatic rings. The van der Waals surface area contributed by atoms with E-state index in [1.807, 2.05) is 24.3 Å². The van der Waals surface area contributed by atoms with Crippen LogP contribution in [-0.2, 0) is 13.2 Å². The Labute approximate surface area is 152 Å². The Hall–Kier alpha value is -3.00. The van der Waals surface area contributed by atoms with Gasteiger partial charge >= 0.3 is 0 Å². The fraction of sp³-hybridized carbons (Fsp3) is 0.222. The first-order valence-corrected chi connectivity index (χ1v) is 9.25. The van der Waals surface area contributed by atoms with Crippen molar-refractivity contribution in [3.8, 4) is 0 Å². The van der Waals surface area contributed by atoms with E-state index in [2.05, 4.69) is 39.9 Å². The zero-order valence-corrected chi connectivity index (χ0v) is 15.2. The molecule has 4 aromatic heterocycles. The fourth-order valence-electron chi connectivity index (χ4n) is 3.50. The van der Waals surface area contributed by atoms with Gasteiger partial charge in [0.1, 0.15) is 17.7 Å². The maximum atomic E-state index is 13.1.